The number of hydrogen-bond acceptors (Lipinski definition) is 5. The van der Waals surface area contributed by atoms with Crippen LogP contribution in [0.5, 0.6) is 0 Å². The molecule has 0 atom stereocenters. The molecule has 0 unspecified atom stereocenters. The molecule has 1 amide bonds. The summed E-state index contributed by atoms with van der Waals surface area (Å²) in [7, 11) is 0. The van der Waals surface area contributed by atoms with Gasteiger partial charge in [0.05, 0.1) is 5.75 Å². The van der Waals surface area contributed by atoms with Gasteiger partial charge in [-0.2, -0.15) is 11.8 Å². The summed E-state index contributed by atoms with van der Waals surface area (Å²) in [6.45, 7) is 4.18. The number of carbonyl (C=O) groups excluding carboxylic acids is 1. The Morgan fingerprint density at radius 2 is 2.50 bits per heavy atom. The Balaban J connectivity index is 2.55. The van der Waals surface area contributed by atoms with Crippen LogP contribution < -0.4 is 11.3 Å². The second kappa shape index (κ2) is 5.02. The molecular formula is C8H13N3O2S. The summed E-state index contributed by atoms with van der Waals surface area (Å²) in [4.78, 5) is 11.0. The number of aromatic nitrogens is 1. The number of amides is 1. The van der Waals surface area contributed by atoms with Gasteiger partial charge in [0.15, 0.2) is 5.69 Å². The van der Waals surface area contributed by atoms with Crippen LogP contribution in [-0.2, 0) is 5.75 Å². The molecule has 0 saturated heterocycles. The van der Waals surface area contributed by atoms with Crippen LogP contribution in [0.4, 0.5) is 0 Å². The molecule has 3 N–H and O–H groups in total. The lowest BCUT2D eigenvalue weighted by Gasteiger charge is -1.99. The molecule has 0 radical (unpaired) electrons. The zero-order valence-electron chi connectivity index (χ0n) is 8.11. The van der Waals surface area contributed by atoms with Crippen LogP contribution in [0.2, 0.25) is 0 Å². The quantitative estimate of drug-likeness (QED) is 0.443. The van der Waals surface area contributed by atoms with Crippen LogP contribution in [0, 0.1) is 0 Å². The Bertz CT molecular complexity index is 311. The van der Waals surface area contributed by atoms with Crippen molar-refractivity contribution in [3.05, 3.63) is 17.5 Å². The predicted octanol–water partition coefficient (Wildman–Crippen LogP) is 0.920. The summed E-state index contributed by atoms with van der Waals surface area (Å²) >= 11 is 1.72. The smallest absolute Gasteiger partial charge is 0.287 e. The normalized spacial score (nSPS) is 10.6. The molecule has 1 aromatic rings. The summed E-state index contributed by atoms with van der Waals surface area (Å²) in [5, 5.41) is 4.10. The fourth-order valence-electron chi connectivity index (χ4n) is 0.811. The van der Waals surface area contributed by atoms with Crippen LogP contribution in [0.1, 0.15) is 30.1 Å². The molecule has 14 heavy (non-hydrogen) atoms. The molecule has 78 valence electrons. The Labute approximate surface area is 86.4 Å². The number of hydrogen-bond donors (Lipinski definition) is 2. The standard InChI is InChI=1S/C8H13N3O2S/c1-5(2)14-4-6-3-7(11-13-6)8(12)10-9/h3,5H,4,9H2,1-2H3,(H,10,12). The second-order valence-electron chi connectivity index (χ2n) is 3.01. The molecule has 1 rings (SSSR count). The Kier molecular flexibility index (Phi) is 3.97. The molecule has 0 bridgehead atoms. The van der Waals surface area contributed by atoms with Gasteiger partial charge < -0.3 is 4.52 Å². The number of nitrogen functional groups attached to an aromatic ring is 1. The van der Waals surface area contributed by atoms with Crippen molar-refractivity contribution in [1.29, 1.82) is 0 Å². The molecular weight excluding hydrogens is 202 g/mol. The van der Waals surface area contributed by atoms with Crippen molar-refractivity contribution in [2.75, 3.05) is 0 Å². The number of rotatable bonds is 4. The van der Waals surface area contributed by atoms with Gasteiger partial charge in [0, 0.05) is 6.07 Å². The molecule has 0 saturated carbocycles. The average molecular weight is 215 g/mol. The monoisotopic (exact) mass is 215 g/mol. The molecule has 0 aliphatic heterocycles. The van der Waals surface area contributed by atoms with Gasteiger partial charge in [0.1, 0.15) is 5.76 Å². The maximum absolute atomic E-state index is 11.0. The number of nitrogens with zero attached hydrogens (tertiary/aromatic N) is 1. The Hall–Kier alpha value is -1.01. The minimum absolute atomic E-state index is 0.215. The fourth-order valence-corrected chi connectivity index (χ4v) is 1.44. The molecule has 1 heterocycles. The van der Waals surface area contributed by atoms with E-state index in [1.807, 2.05) is 5.43 Å². The van der Waals surface area contributed by atoms with Gasteiger partial charge in [-0.15, -0.1) is 0 Å². The van der Waals surface area contributed by atoms with Crippen molar-refractivity contribution >= 4 is 17.7 Å². The molecule has 0 aliphatic carbocycles. The lowest BCUT2D eigenvalue weighted by Crippen LogP contribution is -2.30. The minimum atomic E-state index is -0.436. The Morgan fingerprint density at radius 3 is 3.07 bits per heavy atom. The van der Waals surface area contributed by atoms with Crippen molar-refractivity contribution in [2.24, 2.45) is 5.84 Å². The van der Waals surface area contributed by atoms with Gasteiger partial charge in [0.25, 0.3) is 5.91 Å². The number of nitrogens with two attached hydrogens (primary N) is 1. The average Bonchev–Trinajstić information content (AvgIpc) is 2.62. The fraction of sp³-hybridized carbons (Fsp3) is 0.500. The van der Waals surface area contributed by atoms with E-state index in [0.717, 1.165) is 0 Å². The van der Waals surface area contributed by atoms with Crippen LogP contribution >= 0.6 is 11.8 Å². The zero-order chi connectivity index (χ0) is 10.6. The third-order valence-electron chi connectivity index (χ3n) is 1.48. The first-order chi connectivity index (χ1) is 6.63. The van der Waals surface area contributed by atoms with Crippen molar-refractivity contribution in [3.63, 3.8) is 0 Å². The minimum Gasteiger partial charge on any atom is -0.360 e. The van der Waals surface area contributed by atoms with Gasteiger partial charge in [-0.3, -0.25) is 10.2 Å². The predicted molar refractivity (Wildman–Crippen MR) is 54.6 cm³/mol. The highest BCUT2D eigenvalue weighted by molar-refractivity contribution is 7.99. The summed E-state index contributed by atoms with van der Waals surface area (Å²) in [5.74, 6) is 5.91. The highest BCUT2D eigenvalue weighted by atomic mass is 32.2. The van der Waals surface area contributed by atoms with Crippen LogP contribution in [0.3, 0.4) is 0 Å². The molecule has 5 nitrogen and oxygen atoms in total. The second-order valence-corrected chi connectivity index (χ2v) is 4.58. The first kappa shape index (κ1) is 11.1. The van der Waals surface area contributed by atoms with Gasteiger partial charge >= 0.3 is 0 Å². The van der Waals surface area contributed by atoms with Gasteiger partial charge in [-0.05, 0) is 5.25 Å². The number of hydrazine groups is 1. The van der Waals surface area contributed by atoms with E-state index in [4.69, 9.17) is 10.4 Å². The third kappa shape index (κ3) is 3.04. The van der Waals surface area contributed by atoms with Crippen molar-refractivity contribution in [3.8, 4) is 0 Å². The van der Waals surface area contributed by atoms with Crippen LogP contribution in [0.15, 0.2) is 10.6 Å². The molecule has 0 aliphatic rings. The molecule has 0 fully saturated rings. The summed E-state index contributed by atoms with van der Waals surface area (Å²) in [5.41, 5.74) is 2.21. The summed E-state index contributed by atoms with van der Waals surface area (Å²) in [6.07, 6.45) is 0. The topological polar surface area (TPSA) is 81.2 Å². The highest BCUT2D eigenvalue weighted by Gasteiger charge is 2.11. The molecule has 0 spiro atoms. The largest absolute Gasteiger partial charge is 0.360 e. The van der Waals surface area contributed by atoms with E-state index in [1.165, 1.54) is 0 Å². The van der Waals surface area contributed by atoms with E-state index in [0.29, 0.717) is 16.8 Å². The maximum atomic E-state index is 11.0. The molecule has 0 aromatic carbocycles. The number of thioether (sulfide) groups is 1. The third-order valence-corrected chi connectivity index (χ3v) is 2.60. The molecule has 1 aromatic heterocycles. The zero-order valence-corrected chi connectivity index (χ0v) is 8.93. The van der Waals surface area contributed by atoms with E-state index in [9.17, 15) is 4.79 Å². The summed E-state index contributed by atoms with van der Waals surface area (Å²) in [6, 6.07) is 1.59. The lowest BCUT2D eigenvalue weighted by molar-refractivity contribution is 0.0944. The van der Waals surface area contributed by atoms with Crippen LogP contribution in [0.25, 0.3) is 0 Å². The summed E-state index contributed by atoms with van der Waals surface area (Å²) < 4.78 is 4.95. The number of nitrogens with one attached hydrogen (secondary N) is 1. The van der Waals surface area contributed by atoms with Crippen molar-refractivity contribution in [1.82, 2.24) is 10.6 Å². The SMILES string of the molecule is CC(C)SCc1cc(C(=O)NN)no1. The maximum Gasteiger partial charge on any atom is 0.287 e. The van der Waals surface area contributed by atoms with E-state index >= 15 is 0 Å². The Morgan fingerprint density at radius 1 is 1.79 bits per heavy atom. The van der Waals surface area contributed by atoms with Crippen molar-refractivity contribution < 1.29 is 9.32 Å². The molecule has 6 heteroatoms. The van der Waals surface area contributed by atoms with E-state index in [2.05, 4.69) is 19.0 Å². The van der Waals surface area contributed by atoms with E-state index in [-0.39, 0.29) is 5.69 Å². The van der Waals surface area contributed by atoms with Gasteiger partial charge in [-0.1, -0.05) is 19.0 Å². The van der Waals surface area contributed by atoms with E-state index in [1.54, 1.807) is 17.8 Å². The lowest BCUT2D eigenvalue weighted by atomic mass is 10.4. The van der Waals surface area contributed by atoms with Crippen molar-refractivity contribution in [2.45, 2.75) is 24.9 Å². The first-order valence-electron chi connectivity index (χ1n) is 4.21. The van der Waals surface area contributed by atoms with Gasteiger partial charge in [0.2, 0.25) is 0 Å². The van der Waals surface area contributed by atoms with Gasteiger partial charge in [-0.25, -0.2) is 5.84 Å². The first-order valence-corrected chi connectivity index (χ1v) is 5.26. The highest BCUT2D eigenvalue weighted by Crippen LogP contribution is 2.17. The van der Waals surface area contributed by atoms with E-state index < -0.39 is 5.91 Å². The van der Waals surface area contributed by atoms with Crippen LogP contribution in [-0.4, -0.2) is 16.3 Å². The number of carbonyl (C=O) groups is 1.